The first-order valence-corrected chi connectivity index (χ1v) is 6.50. The van der Waals surface area contributed by atoms with Crippen LogP contribution in [0.3, 0.4) is 0 Å². The van der Waals surface area contributed by atoms with Gasteiger partial charge < -0.3 is 14.6 Å². The fourth-order valence-electron chi connectivity index (χ4n) is 1.19. The lowest BCUT2D eigenvalue weighted by Gasteiger charge is -2.09. The maximum atomic E-state index is 11.3. The molecule has 1 N–H and O–H groups in total. The van der Waals surface area contributed by atoms with E-state index in [9.17, 15) is 4.79 Å². The highest BCUT2D eigenvalue weighted by molar-refractivity contribution is 7.97. The molecule has 5 heteroatoms. The summed E-state index contributed by atoms with van der Waals surface area (Å²) in [4.78, 5) is 12.8. The molecular formula is C11H18N2O2S. The lowest BCUT2D eigenvalue weighted by molar-refractivity contribution is -0.127. The molecule has 0 fully saturated rings. The van der Waals surface area contributed by atoms with E-state index in [1.165, 1.54) is 0 Å². The molecule has 0 bridgehead atoms. The molecule has 0 unspecified atom stereocenters. The normalized spacial score (nSPS) is 10.4. The van der Waals surface area contributed by atoms with Crippen molar-refractivity contribution >= 4 is 17.7 Å². The highest BCUT2D eigenvalue weighted by Crippen LogP contribution is 2.12. The smallest absolute Gasteiger partial charge is 0.236 e. The molecule has 1 amide bonds. The van der Waals surface area contributed by atoms with Crippen LogP contribution in [0, 0.1) is 0 Å². The third kappa shape index (κ3) is 4.28. The van der Waals surface area contributed by atoms with Crippen molar-refractivity contribution in [1.29, 1.82) is 0 Å². The topological polar surface area (TPSA) is 45.5 Å². The minimum absolute atomic E-state index is 0.0656. The van der Waals surface area contributed by atoms with Gasteiger partial charge in [0.05, 0.1) is 18.8 Å². The van der Waals surface area contributed by atoms with Crippen molar-refractivity contribution in [2.75, 3.05) is 26.9 Å². The summed E-state index contributed by atoms with van der Waals surface area (Å²) in [6, 6.07) is 3.92. The van der Waals surface area contributed by atoms with Crippen molar-refractivity contribution in [1.82, 2.24) is 10.2 Å². The van der Waals surface area contributed by atoms with Crippen molar-refractivity contribution in [2.45, 2.75) is 12.3 Å². The van der Waals surface area contributed by atoms with Crippen LogP contribution in [0.5, 0.6) is 0 Å². The summed E-state index contributed by atoms with van der Waals surface area (Å²) in [5, 5.41) is 3.05. The Morgan fingerprint density at radius 1 is 1.44 bits per heavy atom. The Morgan fingerprint density at radius 2 is 2.12 bits per heavy atom. The van der Waals surface area contributed by atoms with Gasteiger partial charge in [-0.15, -0.1) is 0 Å². The molecule has 0 spiro atoms. The second-order valence-corrected chi connectivity index (χ2v) is 4.56. The Balaban J connectivity index is 2.29. The summed E-state index contributed by atoms with van der Waals surface area (Å²) >= 11 is 1.73. The molecular weight excluding hydrogens is 224 g/mol. The zero-order chi connectivity index (χ0) is 12.0. The Hall–Kier alpha value is -0.940. The SMILES string of the molecule is CSCc1ccc(CNCC(=O)N(C)C)o1. The molecule has 0 aliphatic carbocycles. The van der Waals surface area contributed by atoms with Crippen LogP contribution in [0.15, 0.2) is 16.5 Å². The van der Waals surface area contributed by atoms with Gasteiger partial charge in [-0.05, 0) is 18.4 Å². The minimum atomic E-state index is 0.0656. The first kappa shape index (κ1) is 13.1. The predicted molar refractivity (Wildman–Crippen MR) is 66.3 cm³/mol. The molecule has 0 saturated heterocycles. The Kier molecular flexibility index (Phi) is 5.42. The summed E-state index contributed by atoms with van der Waals surface area (Å²) in [6.07, 6.45) is 2.04. The highest BCUT2D eigenvalue weighted by Gasteiger charge is 2.04. The lowest BCUT2D eigenvalue weighted by atomic mass is 10.4. The largest absolute Gasteiger partial charge is 0.464 e. The maximum absolute atomic E-state index is 11.3. The predicted octanol–water partition coefficient (Wildman–Crippen LogP) is 1.32. The number of rotatable bonds is 6. The van der Waals surface area contributed by atoms with Crippen LogP contribution in [-0.4, -0.2) is 37.7 Å². The van der Waals surface area contributed by atoms with Crippen LogP contribution >= 0.6 is 11.8 Å². The Bertz CT molecular complexity index is 336. The second kappa shape index (κ2) is 6.60. The fraction of sp³-hybridized carbons (Fsp3) is 0.545. The van der Waals surface area contributed by atoms with Crippen molar-refractivity contribution in [3.63, 3.8) is 0 Å². The molecule has 16 heavy (non-hydrogen) atoms. The van der Waals surface area contributed by atoms with Crippen LogP contribution in [0.2, 0.25) is 0 Å². The maximum Gasteiger partial charge on any atom is 0.236 e. The van der Waals surface area contributed by atoms with Gasteiger partial charge in [0.1, 0.15) is 11.5 Å². The minimum Gasteiger partial charge on any atom is -0.464 e. The molecule has 0 aromatic carbocycles. The Morgan fingerprint density at radius 3 is 2.75 bits per heavy atom. The van der Waals surface area contributed by atoms with Crippen LogP contribution < -0.4 is 5.32 Å². The number of hydrogen-bond donors (Lipinski definition) is 1. The molecule has 0 saturated carbocycles. The van der Waals surface area contributed by atoms with Gasteiger partial charge >= 0.3 is 0 Å². The average molecular weight is 242 g/mol. The van der Waals surface area contributed by atoms with E-state index in [1.807, 2.05) is 18.4 Å². The van der Waals surface area contributed by atoms with E-state index in [2.05, 4.69) is 5.32 Å². The number of furan rings is 1. The van der Waals surface area contributed by atoms with Gasteiger partial charge in [-0.25, -0.2) is 0 Å². The number of hydrogen-bond acceptors (Lipinski definition) is 4. The third-order valence-corrected chi connectivity index (χ3v) is 2.65. The van der Waals surface area contributed by atoms with E-state index in [4.69, 9.17) is 4.42 Å². The summed E-state index contributed by atoms with van der Waals surface area (Å²) in [6.45, 7) is 0.930. The van der Waals surface area contributed by atoms with Crippen molar-refractivity contribution < 1.29 is 9.21 Å². The van der Waals surface area contributed by atoms with Crippen LogP contribution in [-0.2, 0) is 17.1 Å². The summed E-state index contributed by atoms with van der Waals surface area (Å²) in [5.41, 5.74) is 0. The quantitative estimate of drug-likeness (QED) is 0.817. The van der Waals surface area contributed by atoms with Crippen molar-refractivity contribution in [3.8, 4) is 0 Å². The molecule has 1 heterocycles. The molecule has 4 nitrogen and oxygen atoms in total. The lowest BCUT2D eigenvalue weighted by Crippen LogP contribution is -2.32. The van der Waals surface area contributed by atoms with E-state index in [1.54, 1.807) is 30.8 Å². The number of carbonyl (C=O) groups is 1. The summed E-state index contributed by atoms with van der Waals surface area (Å²) in [5.74, 6) is 2.80. The zero-order valence-electron chi connectivity index (χ0n) is 9.95. The summed E-state index contributed by atoms with van der Waals surface area (Å²) in [7, 11) is 3.49. The number of likely N-dealkylation sites (N-methyl/N-ethyl adjacent to an activating group) is 1. The molecule has 90 valence electrons. The van der Waals surface area contributed by atoms with E-state index in [0.29, 0.717) is 13.1 Å². The Labute approximate surface area is 100 Å². The second-order valence-electron chi connectivity index (χ2n) is 3.69. The van der Waals surface area contributed by atoms with Gasteiger partial charge in [-0.3, -0.25) is 4.79 Å². The standard InChI is InChI=1S/C11H18N2O2S/c1-13(2)11(14)7-12-6-9-4-5-10(15-9)8-16-3/h4-5,12H,6-8H2,1-3H3. The van der Waals surface area contributed by atoms with Crippen LogP contribution in [0.25, 0.3) is 0 Å². The number of amides is 1. The molecule has 1 aromatic heterocycles. The van der Waals surface area contributed by atoms with Crippen LogP contribution in [0.4, 0.5) is 0 Å². The zero-order valence-corrected chi connectivity index (χ0v) is 10.8. The number of nitrogens with zero attached hydrogens (tertiary/aromatic N) is 1. The summed E-state index contributed by atoms with van der Waals surface area (Å²) < 4.78 is 5.56. The van der Waals surface area contributed by atoms with Gasteiger partial charge in [0.2, 0.25) is 5.91 Å². The number of thioether (sulfide) groups is 1. The van der Waals surface area contributed by atoms with Crippen molar-refractivity contribution in [2.24, 2.45) is 0 Å². The van der Waals surface area contributed by atoms with Crippen molar-refractivity contribution in [3.05, 3.63) is 23.7 Å². The fourth-order valence-corrected chi connectivity index (χ4v) is 1.63. The number of carbonyl (C=O) groups excluding carboxylic acids is 1. The first-order valence-electron chi connectivity index (χ1n) is 5.11. The van der Waals surface area contributed by atoms with Gasteiger partial charge in [0.25, 0.3) is 0 Å². The monoisotopic (exact) mass is 242 g/mol. The van der Waals surface area contributed by atoms with Crippen LogP contribution in [0.1, 0.15) is 11.5 Å². The van der Waals surface area contributed by atoms with Gasteiger partial charge in [0, 0.05) is 14.1 Å². The van der Waals surface area contributed by atoms with Gasteiger partial charge in [0.15, 0.2) is 0 Å². The van der Waals surface area contributed by atoms with E-state index in [-0.39, 0.29) is 5.91 Å². The molecule has 0 radical (unpaired) electrons. The van der Waals surface area contributed by atoms with E-state index < -0.39 is 0 Å². The molecule has 1 rings (SSSR count). The number of nitrogens with one attached hydrogen (secondary N) is 1. The molecule has 0 aliphatic heterocycles. The third-order valence-electron chi connectivity index (χ3n) is 2.08. The van der Waals surface area contributed by atoms with Gasteiger partial charge in [-0.2, -0.15) is 11.8 Å². The molecule has 0 atom stereocenters. The molecule has 0 aliphatic rings. The molecule has 1 aromatic rings. The highest BCUT2D eigenvalue weighted by atomic mass is 32.2. The van der Waals surface area contributed by atoms with Gasteiger partial charge in [-0.1, -0.05) is 0 Å². The van der Waals surface area contributed by atoms with E-state index >= 15 is 0 Å². The average Bonchev–Trinajstić information content (AvgIpc) is 2.66. The first-order chi connectivity index (χ1) is 7.63. The van der Waals surface area contributed by atoms with E-state index in [0.717, 1.165) is 17.3 Å².